The van der Waals surface area contributed by atoms with Gasteiger partial charge in [-0.1, -0.05) is 13.3 Å². The van der Waals surface area contributed by atoms with E-state index in [1.807, 2.05) is 7.05 Å². The van der Waals surface area contributed by atoms with Gasteiger partial charge in [0, 0.05) is 19.1 Å². The molecule has 2 aliphatic rings. The molecule has 0 aromatic carbocycles. The summed E-state index contributed by atoms with van der Waals surface area (Å²) >= 11 is 0. The summed E-state index contributed by atoms with van der Waals surface area (Å²) in [5.74, 6) is 0.465. The lowest BCUT2D eigenvalue weighted by Gasteiger charge is -2.37. The van der Waals surface area contributed by atoms with Gasteiger partial charge in [0.2, 0.25) is 10.0 Å². The topological polar surface area (TPSA) is 49.4 Å². The van der Waals surface area contributed by atoms with Gasteiger partial charge in [-0.25, -0.2) is 12.7 Å². The maximum Gasteiger partial charge on any atom is 0.216 e. The van der Waals surface area contributed by atoms with Crippen molar-refractivity contribution in [2.75, 3.05) is 20.1 Å². The largest absolute Gasteiger partial charge is 0.317 e. The van der Waals surface area contributed by atoms with Crippen molar-refractivity contribution in [2.24, 2.45) is 5.92 Å². The molecule has 2 fully saturated rings. The molecule has 2 atom stereocenters. The summed E-state index contributed by atoms with van der Waals surface area (Å²) in [5, 5.41) is 3.24. The first-order valence-corrected chi connectivity index (χ1v) is 7.76. The van der Waals surface area contributed by atoms with E-state index >= 15 is 0 Å². The van der Waals surface area contributed by atoms with Gasteiger partial charge in [-0.15, -0.1) is 0 Å². The van der Waals surface area contributed by atoms with Crippen molar-refractivity contribution in [2.45, 2.75) is 43.9 Å². The molecule has 1 aliphatic heterocycles. The summed E-state index contributed by atoms with van der Waals surface area (Å²) < 4.78 is 25.9. The van der Waals surface area contributed by atoms with E-state index in [0.717, 1.165) is 25.7 Å². The fourth-order valence-corrected chi connectivity index (χ4v) is 4.51. The molecular weight excluding hydrogens is 224 g/mol. The van der Waals surface area contributed by atoms with Crippen LogP contribution >= 0.6 is 0 Å². The van der Waals surface area contributed by atoms with Crippen LogP contribution in [-0.2, 0) is 10.0 Å². The second-order valence-electron chi connectivity index (χ2n) is 4.95. The first-order chi connectivity index (χ1) is 7.59. The van der Waals surface area contributed by atoms with Crippen molar-refractivity contribution in [1.29, 1.82) is 0 Å². The van der Waals surface area contributed by atoms with Crippen LogP contribution in [0.15, 0.2) is 0 Å². The van der Waals surface area contributed by atoms with Gasteiger partial charge in [0.1, 0.15) is 0 Å². The molecule has 0 amide bonds. The average Bonchev–Trinajstić information content (AvgIpc) is 3.12. The van der Waals surface area contributed by atoms with Crippen LogP contribution in [0, 0.1) is 5.92 Å². The average molecular weight is 246 g/mol. The number of hydrogen-bond acceptors (Lipinski definition) is 3. The fourth-order valence-electron chi connectivity index (χ4n) is 2.60. The third-order valence-electron chi connectivity index (χ3n) is 3.90. The molecule has 1 aliphatic carbocycles. The van der Waals surface area contributed by atoms with Gasteiger partial charge < -0.3 is 5.32 Å². The molecule has 0 aromatic rings. The van der Waals surface area contributed by atoms with Crippen molar-refractivity contribution in [1.82, 2.24) is 9.62 Å². The number of sulfonamides is 1. The van der Waals surface area contributed by atoms with Crippen LogP contribution < -0.4 is 5.32 Å². The highest BCUT2D eigenvalue weighted by atomic mass is 32.2. The Balaban J connectivity index is 2.04. The summed E-state index contributed by atoms with van der Waals surface area (Å²) in [4.78, 5) is 0. The molecule has 2 unspecified atom stereocenters. The number of nitrogens with one attached hydrogen (secondary N) is 1. The third-order valence-corrected chi connectivity index (χ3v) is 6.26. The van der Waals surface area contributed by atoms with E-state index in [9.17, 15) is 8.42 Å². The Hall–Kier alpha value is -0.130. The van der Waals surface area contributed by atoms with E-state index in [4.69, 9.17) is 0 Å². The standard InChI is InChI=1S/C11H22N2O2S/c1-3-9-8-13(7-6-11(9)12-2)16(14,15)10-4-5-10/h9-12H,3-8H2,1-2H3. The van der Waals surface area contributed by atoms with E-state index in [1.54, 1.807) is 4.31 Å². The van der Waals surface area contributed by atoms with Crippen LogP contribution in [-0.4, -0.2) is 44.2 Å². The van der Waals surface area contributed by atoms with Crippen LogP contribution in [0.3, 0.4) is 0 Å². The van der Waals surface area contributed by atoms with Crippen LogP contribution in [0.2, 0.25) is 0 Å². The van der Waals surface area contributed by atoms with E-state index in [0.29, 0.717) is 25.0 Å². The molecule has 1 heterocycles. The molecule has 0 aromatic heterocycles. The molecule has 16 heavy (non-hydrogen) atoms. The van der Waals surface area contributed by atoms with Gasteiger partial charge in [-0.2, -0.15) is 0 Å². The van der Waals surface area contributed by atoms with Crippen LogP contribution in [0.1, 0.15) is 32.6 Å². The zero-order valence-corrected chi connectivity index (χ0v) is 11.0. The van der Waals surface area contributed by atoms with Crippen LogP contribution in [0.25, 0.3) is 0 Å². The summed E-state index contributed by atoms with van der Waals surface area (Å²) in [6, 6.07) is 0.482. The van der Waals surface area contributed by atoms with E-state index in [2.05, 4.69) is 12.2 Å². The minimum absolute atomic E-state index is 0.0591. The van der Waals surface area contributed by atoms with E-state index < -0.39 is 10.0 Å². The van der Waals surface area contributed by atoms with Gasteiger partial charge >= 0.3 is 0 Å². The first kappa shape index (κ1) is 12.3. The molecule has 1 N–H and O–H groups in total. The molecule has 0 bridgehead atoms. The summed E-state index contributed by atoms with van der Waals surface area (Å²) in [6.07, 6.45) is 3.72. The van der Waals surface area contributed by atoms with Gasteiger partial charge in [0.05, 0.1) is 5.25 Å². The highest BCUT2D eigenvalue weighted by Crippen LogP contribution is 2.33. The quantitative estimate of drug-likeness (QED) is 0.798. The number of rotatable bonds is 4. The second kappa shape index (κ2) is 4.63. The monoisotopic (exact) mass is 246 g/mol. The van der Waals surface area contributed by atoms with Crippen LogP contribution in [0.4, 0.5) is 0 Å². The van der Waals surface area contributed by atoms with Gasteiger partial charge in [0.15, 0.2) is 0 Å². The highest BCUT2D eigenvalue weighted by molar-refractivity contribution is 7.90. The molecular formula is C11H22N2O2S. The normalized spacial score (nSPS) is 32.9. The first-order valence-electron chi connectivity index (χ1n) is 6.25. The van der Waals surface area contributed by atoms with Crippen molar-refractivity contribution in [3.63, 3.8) is 0 Å². The predicted octanol–water partition coefficient (Wildman–Crippen LogP) is 0.798. The van der Waals surface area contributed by atoms with Crippen molar-refractivity contribution < 1.29 is 8.42 Å². The van der Waals surface area contributed by atoms with Crippen molar-refractivity contribution in [3.05, 3.63) is 0 Å². The minimum Gasteiger partial charge on any atom is -0.317 e. The summed E-state index contributed by atoms with van der Waals surface area (Å²) in [6.45, 7) is 3.55. The Labute approximate surface area is 98.4 Å². The minimum atomic E-state index is -2.96. The zero-order chi connectivity index (χ0) is 11.8. The maximum absolute atomic E-state index is 12.1. The third kappa shape index (κ3) is 2.26. The van der Waals surface area contributed by atoms with E-state index in [-0.39, 0.29) is 5.25 Å². The van der Waals surface area contributed by atoms with Crippen molar-refractivity contribution in [3.8, 4) is 0 Å². The van der Waals surface area contributed by atoms with Crippen LogP contribution in [0.5, 0.6) is 0 Å². The molecule has 2 rings (SSSR count). The molecule has 5 heteroatoms. The lowest BCUT2D eigenvalue weighted by Crippen LogP contribution is -2.50. The summed E-state index contributed by atoms with van der Waals surface area (Å²) in [7, 11) is -0.987. The zero-order valence-electron chi connectivity index (χ0n) is 10.1. The molecule has 0 radical (unpaired) electrons. The Kier molecular flexibility index (Phi) is 3.56. The van der Waals surface area contributed by atoms with Gasteiger partial charge in [0.25, 0.3) is 0 Å². The Bertz CT molecular complexity index is 338. The number of piperidine rings is 1. The smallest absolute Gasteiger partial charge is 0.216 e. The summed E-state index contributed by atoms with van der Waals surface area (Å²) in [5.41, 5.74) is 0. The number of hydrogen-bond donors (Lipinski definition) is 1. The lowest BCUT2D eigenvalue weighted by atomic mass is 9.91. The maximum atomic E-state index is 12.1. The SMILES string of the molecule is CCC1CN(S(=O)(=O)C2CC2)CCC1NC. The molecule has 0 spiro atoms. The highest BCUT2D eigenvalue weighted by Gasteiger charge is 2.42. The molecule has 1 saturated heterocycles. The van der Waals surface area contributed by atoms with Gasteiger partial charge in [-0.05, 0) is 32.2 Å². The Morgan fingerprint density at radius 2 is 2.00 bits per heavy atom. The molecule has 4 nitrogen and oxygen atoms in total. The Morgan fingerprint density at radius 1 is 1.31 bits per heavy atom. The van der Waals surface area contributed by atoms with E-state index in [1.165, 1.54) is 0 Å². The van der Waals surface area contributed by atoms with Gasteiger partial charge in [-0.3, -0.25) is 0 Å². The fraction of sp³-hybridized carbons (Fsp3) is 1.00. The predicted molar refractivity (Wildman–Crippen MR) is 64.8 cm³/mol. The second-order valence-corrected chi connectivity index (χ2v) is 7.17. The van der Waals surface area contributed by atoms with Crippen molar-refractivity contribution >= 4 is 10.0 Å². The number of nitrogens with zero attached hydrogens (tertiary/aromatic N) is 1. The molecule has 94 valence electrons. The lowest BCUT2D eigenvalue weighted by molar-refractivity contribution is 0.209. The molecule has 1 saturated carbocycles. The Morgan fingerprint density at radius 3 is 2.50 bits per heavy atom.